The van der Waals surface area contributed by atoms with Crippen LogP contribution in [0.15, 0.2) is 36.4 Å². The molecule has 0 unspecified atom stereocenters. The maximum atomic E-state index is 3.53. The Hall–Kier alpha value is -0.800. The van der Waals surface area contributed by atoms with Crippen LogP contribution in [-0.2, 0) is 0 Å². The van der Waals surface area contributed by atoms with Crippen molar-refractivity contribution in [3.63, 3.8) is 0 Å². The molecule has 0 amide bonds. The van der Waals surface area contributed by atoms with E-state index in [4.69, 9.17) is 0 Å². The van der Waals surface area contributed by atoms with Crippen molar-refractivity contribution in [3.8, 4) is 0 Å². The van der Waals surface area contributed by atoms with Gasteiger partial charge in [0.25, 0.3) is 0 Å². The molecule has 1 aliphatic carbocycles. The molecule has 2 nitrogen and oxygen atoms in total. The Morgan fingerprint density at radius 3 is 2.23 bits per heavy atom. The van der Waals surface area contributed by atoms with E-state index in [9.17, 15) is 0 Å². The van der Waals surface area contributed by atoms with Crippen LogP contribution in [0.5, 0.6) is 0 Å². The molecule has 1 aliphatic heterocycles. The fraction of sp³-hybridized carbons (Fsp3) is 0.545. The Morgan fingerprint density at radius 1 is 0.885 bits per heavy atom. The van der Waals surface area contributed by atoms with Crippen molar-refractivity contribution in [2.45, 2.75) is 45.1 Å². The molecule has 2 aliphatic rings. The van der Waals surface area contributed by atoms with Gasteiger partial charge in [-0.2, -0.15) is 0 Å². The maximum Gasteiger partial charge on any atom is 0.0383 e. The zero-order chi connectivity index (χ0) is 16.4. The first kappa shape index (κ1) is 21.5. The van der Waals surface area contributed by atoms with Crippen LogP contribution < -0.4 is 5.32 Å². The van der Waals surface area contributed by atoms with Gasteiger partial charge < -0.3 is 5.32 Å². The van der Waals surface area contributed by atoms with Gasteiger partial charge in [0.05, 0.1) is 0 Å². The van der Waals surface area contributed by atoms with Gasteiger partial charge in [0.2, 0.25) is 0 Å². The van der Waals surface area contributed by atoms with Crippen molar-refractivity contribution < 1.29 is 0 Å². The molecular weight excluding hydrogens is 363 g/mol. The SMILES string of the molecule is Cc1ccc([C@@H](C2CCCCC2)N2CCNCC2)c2ccccc12.Cl.Cl. The Balaban J connectivity index is 0.00000121. The van der Waals surface area contributed by atoms with Gasteiger partial charge in [0, 0.05) is 32.2 Å². The highest BCUT2D eigenvalue weighted by Crippen LogP contribution is 2.41. The smallest absolute Gasteiger partial charge is 0.0383 e. The standard InChI is InChI=1S/C22H30N2.2ClH/c1-17-11-12-21(20-10-6-5-9-19(17)20)22(18-7-3-2-4-8-18)24-15-13-23-14-16-24;;/h5-6,9-12,18,22-23H,2-4,7-8,13-16H2,1H3;2*1H/t22-;;/m1../s1. The molecule has 1 N–H and O–H groups in total. The molecule has 2 aromatic carbocycles. The average Bonchev–Trinajstić information content (AvgIpc) is 2.66. The second-order valence-electron chi connectivity index (χ2n) is 7.65. The summed E-state index contributed by atoms with van der Waals surface area (Å²) in [7, 11) is 0. The lowest BCUT2D eigenvalue weighted by molar-refractivity contribution is 0.104. The molecule has 1 atom stereocenters. The first-order valence-electron chi connectivity index (χ1n) is 9.77. The monoisotopic (exact) mass is 394 g/mol. The number of benzene rings is 2. The summed E-state index contributed by atoms with van der Waals surface area (Å²) in [5.41, 5.74) is 2.97. The summed E-state index contributed by atoms with van der Waals surface area (Å²) in [6.07, 6.45) is 7.06. The Kier molecular flexibility index (Phi) is 8.22. The minimum absolute atomic E-state index is 0. The lowest BCUT2D eigenvalue weighted by Crippen LogP contribution is -2.47. The van der Waals surface area contributed by atoms with Crippen molar-refractivity contribution in [2.75, 3.05) is 26.2 Å². The number of nitrogens with one attached hydrogen (secondary N) is 1. The first-order chi connectivity index (χ1) is 11.8. The van der Waals surface area contributed by atoms with Crippen molar-refractivity contribution in [2.24, 2.45) is 5.92 Å². The number of rotatable bonds is 3. The van der Waals surface area contributed by atoms with Crippen LogP contribution in [-0.4, -0.2) is 31.1 Å². The fourth-order valence-corrected chi connectivity index (χ4v) is 4.89. The summed E-state index contributed by atoms with van der Waals surface area (Å²) >= 11 is 0. The molecule has 144 valence electrons. The van der Waals surface area contributed by atoms with Crippen molar-refractivity contribution in [3.05, 3.63) is 47.5 Å². The molecule has 0 bridgehead atoms. The van der Waals surface area contributed by atoms with Crippen LogP contribution >= 0.6 is 24.8 Å². The fourth-order valence-electron chi connectivity index (χ4n) is 4.89. The molecule has 1 saturated carbocycles. The number of nitrogens with zero attached hydrogens (tertiary/aromatic N) is 1. The molecule has 1 heterocycles. The van der Waals surface area contributed by atoms with Gasteiger partial charge in [0.1, 0.15) is 0 Å². The quantitative estimate of drug-likeness (QED) is 0.736. The predicted molar refractivity (Wildman–Crippen MR) is 117 cm³/mol. The van der Waals surface area contributed by atoms with E-state index in [2.05, 4.69) is 53.5 Å². The van der Waals surface area contributed by atoms with Gasteiger partial charge in [0.15, 0.2) is 0 Å². The van der Waals surface area contributed by atoms with Gasteiger partial charge in [-0.05, 0) is 47.6 Å². The number of aryl methyl sites for hydroxylation is 1. The molecular formula is C22H32Cl2N2. The highest BCUT2D eigenvalue weighted by Gasteiger charge is 2.31. The third kappa shape index (κ3) is 4.36. The number of piperazine rings is 1. The molecule has 26 heavy (non-hydrogen) atoms. The van der Waals surface area contributed by atoms with Gasteiger partial charge in [-0.15, -0.1) is 24.8 Å². The largest absolute Gasteiger partial charge is 0.314 e. The van der Waals surface area contributed by atoms with Gasteiger partial charge in [-0.3, -0.25) is 4.90 Å². The molecule has 0 spiro atoms. The molecule has 0 aromatic heterocycles. The van der Waals surface area contributed by atoms with E-state index in [-0.39, 0.29) is 24.8 Å². The van der Waals surface area contributed by atoms with Gasteiger partial charge >= 0.3 is 0 Å². The summed E-state index contributed by atoms with van der Waals surface area (Å²) in [5, 5.41) is 6.44. The summed E-state index contributed by atoms with van der Waals surface area (Å²) in [6, 6.07) is 14.4. The van der Waals surface area contributed by atoms with Crippen molar-refractivity contribution >= 4 is 35.6 Å². The third-order valence-corrected chi connectivity index (χ3v) is 6.14. The van der Waals surface area contributed by atoms with Crippen LogP contribution in [0.2, 0.25) is 0 Å². The molecule has 0 radical (unpaired) electrons. The van der Waals surface area contributed by atoms with Crippen LogP contribution in [0.25, 0.3) is 10.8 Å². The van der Waals surface area contributed by atoms with Crippen LogP contribution in [0.3, 0.4) is 0 Å². The molecule has 2 aromatic rings. The number of hydrogen-bond donors (Lipinski definition) is 1. The van der Waals surface area contributed by atoms with Crippen molar-refractivity contribution in [1.82, 2.24) is 10.2 Å². The van der Waals surface area contributed by atoms with E-state index < -0.39 is 0 Å². The normalized spacial score (nSPS) is 20.2. The second-order valence-corrected chi connectivity index (χ2v) is 7.65. The van der Waals surface area contributed by atoms with Gasteiger partial charge in [-0.25, -0.2) is 0 Å². The molecule has 1 saturated heterocycles. The summed E-state index contributed by atoms with van der Waals surface area (Å²) in [4.78, 5) is 2.77. The first-order valence-corrected chi connectivity index (χ1v) is 9.77. The lowest BCUT2D eigenvalue weighted by Gasteiger charge is -2.41. The highest BCUT2D eigenvalue weighted by atomic mass is 35.5. The number of fused-ring (bicyclic) bond motifs is 1. The lowest BCUT2D eigenvalue weighted by atomic mass is 9.78. The van der Waals surface area contributed by atoms with E-state index in [0.29, 0.717) is 6.04 Å². The predicted octanol–water partition coefficient (Wildman–Crippen LogP) is 5.52. The van der Waals surface area contributed by atoms with E-state index >= 15 is 0 Å². The van der Waals surface area contributed by atoms with E-state index in [1.807, 2.05) is 0 Å². The average molecular weight is 395 g/mol. The van der Waals surface area contributed by atoms with E-state index in [0.717, 1.165) is 19.0 Å². The Labute approximate surface area is 170 Å². The number of hydrogen-bond acceptors (Lipinski definition) is 2. The molecule has 2 fully saturated rings. The zero-order valence-corrected chi connectivity index (χ0v) is 17.4. The van der Waals surface area contributed by atoms with E-state index in [1.54, 1.807) is 5.56 Å². The topological polar surface area (TPSA) is 15.3 Å². The van der Waals surface area contributed by atoms with Crippen LogP contribution in [0, 0.1) is 12.8 Å². The second kappa shape index (κ2) is 9.94. The highest BCUT2D eigenvalue weighted by molar-refractivity contribution is 5.89. The summed E-state index contributed by atoms with van der Waals surface area (Å²) in [5.74, 6) is 0.822. The zero-order valence-electron chi connectivity index (χ0n) is 15.7. The summed E-state index contributed by atoms with van der Waals surface area (Å²) in [6.45, 7) is 6.87. The Bertz CT molecular complexity index is 674. The minimum atomic E-state index is 0. The van der Waals surface area contributed by atoms with Crippen molar-refractivity contribution in [1.29, 1.82) is 0 Å². The number of halogens is 2. The van der Waals surface area contributed by atoms with Crippen LogP contribution in [0.4, 0.5) is 0 Å². The molecule has 4 rings (SSSR count). The third-order valence-electron chi connectivity index (χ3n) is 6.14. The Morgan fingerprint density at radius 2 is 1.54 bits per heavy atom. The molecule has 4 heteroatoms. The van der Waals surface area contributed by atoms with Gasteiger partial charge in [-0.1, -0.05) is 55.7 Å². The summed E-state index contributed by atoms with van der Waals surface area (Å²) < 4.78 is 0. The maximum absolute atomic E-state index is 3.53. The minimum Gasteiger partial charge on any atom is -0.314 e. The van der Waals surface area contributed by atoms with E-state index in [1.165, 1.54) is 61.5 Å². The van der Waals surface area contributed by atoms with Crippen LogP contribution in [0.1, 0.15) is 49.3 Å².